The topological polar surface area (TPSA) is 35.5 Å². The molecule has 1 aliphatic rings. The number of hydrogen-bond acceptors (Lipinski definition) is 3. The van der Waals surface area contributed by atoms with Crippen molar-refractivity contribution >= 4 is 28.4 Å². The highest BCUT2D eigenvalue weighted by atomic mass is 127. The highest BCUT2D eigenvalue weighted by Crippen LogP contribution is 2.28. The molecule has 0 radical (unpaired) electrons. The maximum atomic E-state index is 12.4. The summed E-state index contributed by atoms with van der Waals surface area (Å²) in [7, 11) is 1.59. The summed E-state index contributed by atoms with van der Waals surface area (Å²) < 4.78 is 11.7. The number of rotatable bonds is 3. The minimum atomic E-state index is -0.0305. The lowest BCUT2D eigenvalue weighted by Gasteiger charge is -2.11. The number of benzene rings is 1. The molecule has 0 aromatic heterocycles. The molecular formula is C13H15IO3. The smallest absolute Gasteiger partial charge is 0.172 e. The SMILES string of the molecule is COc1ccc(I)cc1C(=O)C1COC(C)C1. The number of ether oxygens (including phenoxy) is 2. The van der Waals surface area contributed by atoms with Gasteiger partial charge in [0, 0.05) is 9.49 Å². The molecular weight excluding hydrogens is 331 g/mol. The van der Waals surface area contributed by atoms with Crippen molar-refractivity contribution in [1.29, 1.82) is 0 Å². The van der Waals surface area contributed by atoms with Crippen LogP contribution in [0.2, 0.25) is 0 Å². The van der Waals surface area contributed by atoms with Crippen LogP contribution >= 0.6 is 22.6 Å². The fourth-order valence-corrected chi connectivity index (χ4v) is 2.58. The molecule has 0 spiro atoms. The molecule has 92 valence electrons. The van der Waals surface area contributed by atoms with Crippen molar-refractivity contribution in [2.45, 2.75) is 19.4 Å². The Bertz CT molecular complexity index is 431. The van der Waals surface area contributed by atoms with Gasteiger partial charge in [0.25, 0.3) is 0 Å². The maximum absolute atomic E-state index is 12.4. The lowest BCUT2D eigenvalue weighted by molar-refractivity contribution is 0.0875. The number of methoxy groups -OCH3 is 1. The van der Waals surface area contributed by atoms with Crippen molar-refractivity contribution < 1.29 is 14.3 Å². The van der Waals surface area contributed by atoms with E-state index in [-0.39, 0.29) is 17.8 Å². The van der Waals surface area contributed by atoms with Gasteiger partial charge in [0.15, 0.2) is 5.78 Å². The highest BCUT2D eigenvalue weighted by molar-refractivity contribution is 14.1. The Balaban J connectivity index is 2.26. The van der Waals surface area contributed by atoms with Crippen molar-refractivity contribution in [2.75, 3.05) is 13.7 Å². The summed E-state index contributed by atoms with van der Waals surface area (Å²) >= 11 is 2.20. The summed E-state index contributed by atoms with van der Waals surface area (Å²) in [5, 5.41) is 0. The molecule has 0 aliphatic carbocycles. The van der Waals surface area contributed by atoms with Crippen LogP contribution in [0, 0.1) is 9.49 Å². The quantitative estimate of drug-likeness (QED) is 0.624. The van der Waals surface area contributed by atoms with Gasteiger partial charge in [0.1, 0.15) is 5.75 Å². The van der Waals surface area contributed by atoms with Crippen LogP contribution in [0.25, 0.3) is 0 Å². The van der Waals surface area contributed by atoms with Crippen LogP contribution < -0.4 is 4.74 Å². The zero-order chi connectivity index (χ0) is 12.4. The number of halogens is 1. The minimum Gasteiger partial charge on any atom is -0.496 e. The Morgan fingerprint density at radius 3 is 2.88 bits per heavy atom. The van der Waals surface area contributed by atoms with Gasteiger partial charge in [-0.15, -0.1) is 0 Å². The van der Waals surface area contributed by atoms with E-state index in [2.05, 4.69) is 22.6 Å². The van der Waals surface area contributed by atoms with E-state index in [0.717, 1.165) is 9.99 Å². The fourth-order valence-electron chi connectivity index (χ4n) is 2.09. The summed E-state index contributed by atoms with van der Waals surface area (Å²) in [4.78, 5) is 12.4. The van der Waals surface area contributed by atoms with Crippen molar-refractivity contribution in [3.05, 3.63) is 27.3 Å². The van der Waals surface area contributed by atoms with Crippen LogP contribution in [-0.2, 0) is 4.74 Å². The van der Waals surface area contributed by atoms with Gasteiger partial charge in [-0.05, 0) is 54.1 Å². The molecule has 0 N–H and O–H groups in total. The predicted molar refractivity (Wildman–Crippen MR) is 73.6 cm³/mol. The Morgan fingerprint density at radius 1 is 1.53 bits per heavy atom. The van der Waals surface area contributed by atoms with E-state index >= 15 is 0 Å². The molecule has 1 aromatic carbocycles. The van der Waals surface area contributed by atoms with E-state index in [9.17, 15) is 4.79 Å². The molecule has 2 atom stereocenters. The number of hydrogen-bond donors (Lipinski definition) is 0. The van der Waals surface area contributed by atoms with Gasteiger partial charge in [-0.1, -0.05) is 0 Å². The van der Waals surface area contributed by atoms with Gasteiger partial charge < -0.3 is 9.47 Å². The van der Waals surface area contributed by atoms with Crippen molar-refractivity contribution in [3.8, 4) is 5.75 Å². The third kappa shape index (κ3) is 2.80. The van der Waals surface area contributed by atoms with E-state index in [4.69, 9.17) is 9.47 Å². The van der Waals surface area contributed by atoms with E-state index in [0.29, 0.717) is 17.9 Å². The maximum Gasteiger partial charge on any atom is 0.172 e. The molecule has 3 nitrogen and oxygen atoms in total. The van der Waals surface area contributed by atoms with Crippen molar-refractivity contribution in [1.82, 2.24) is 0 Å². The zero-order valence-electron chi connectivity index (χ0n) is 9.90. The van der Waals surface area contributed by atoms with Crippen LogP contribution in [0.15, 0.2) is 18.2 Å². The van der Waals surface area contributed by atoms with Gasteiger partial charge in [0.2, 0.25) is 0 Å². The third-order valence-corrected chi connectivity index (χ3v) is 3.67. The van der Waals surface area contributed by atoms with Gasteiger partial charge >= 0.3 is 0 Å². The molecule has 1 fully saturated rings. The first-order valence-corrected chi connectivity index (χ1v) is 6.69. The second-order valence-electron chi connectivity index (χ2n) is 4.29. The van der Waals surface area contributed by atoms with Crippen LogP contribution in [0.1, 0.15) is 23.7 Å². The molecule has 1 saturated heterocycles. The summed E-state index contributed by atoms with van der Waals surface area (Å²) in [6.07, 6.45) is 0.978. The number of Topliss-reactive ketones (excluding diaryl/α,β-unsaturated/α-hetero) is 1. The van der Waals surface area contributed by atoms with E-state index < -0.39 is 0 Å². The largest absolute Gasteiger partial charge is 0.496 e. The van der Waals surface area contributed by atoms with Gasteiger partial charge in [-0.25, -0.2) is 0 Å². The molecule has 1 aliphatic heterocycles. The van der Waals surface area contributed by atoms with Crippen molar-refractivity contribution in [2.24, 2.45) is 5.92 Å². The summed E-state index contributed by atoms with van der Waals surface area (Å²) in [5.74, 6) is 0.747. The standard InChI is InChI=1S/C13H15IO3/c1-8-5-9(7-17-8)13(15)11-6-10(14)3-4-12(11)16-2/h3-4,6,8-9H,5,7H2,1-2H3. The fraction of sp³-hybridized carbons (Fsp3) is 0.462. The predicted octanol–water partition coefficient (Wildman–Crippen LogP) is 2.91. The Kier molecular flexibility index (Phi) is 4.04. The Hall–Kier alpha value is -0.620. The number of ketones is 1. The lowest BCUT2D eigenvalue weighted by atomic mass is 9.95. The average Bonchev–Trinajstić information content (AvgIpc) is 2.75. The second-order valence-corrected chi connectivity index (χ2v) is 5.53. The first-order valence-electron chi connectivity index (χ1n) is 5.61. The number of carbonyl (C=O) groups is 1. The van der Waals surface area contributed by atoms with E-state index in [1.165, 1.54) is 0 Å². The lowest BCUT2D eigenvalue weighted by Crippen LogP contribution is -2.16. The van der Waals surface area contributed by atoms with Crippen LogP contribution in [0.4, 0.5) is 0 Å². The normalized spacial score (nSPS) is 23.7. The molecule has 2 rings (SSSR count). The Morgan fingerprint density at radius 2 is 2.29 bits per heavy atom. The van der Waals surface area contributed by atoms with Gasteiger partial charge in [0.05, 0.1) is 25.4 Å². The molecule has 2 unspecified atom stereocenters. The number of carbonyl (C=O) groups excluding carboxylic acids is 1. The van der Waals surface area contributed by atoms with Crippen LogP contribution in [0.5, 0.6) is 5.75 Å². The molecule has 0 bridgehead atoms. The summed E-state index contributed by atoms with van der Waals surface area (Å²) in [5.41, 5.74) is 0.669. The monoisotopic (exact) mass is 346 g/mol. The molecule has 0 saturated carbocycles. The molecule has 0 amide bonds. The molecule has 17 heavy (non-hydrogen) atoms. The minimum absolute atomic E-state index is 0.0305. The van der Waals surface area contributed by atoms with E-state index in [1.807, 2.05) is 25.1 Å². The summed E-state index contributed by atoms with van der Waals surface area (Å²) in [6, 6.07) is 5.66. The van der Waals surface area contributed by atoms with Crippen LogP contribution in [0.3, 0.4) is 0 Å². The Labute approximate surface area is 115 Å². The zero-order valence-corrected chi connectivity index (χ0v) is 12.1. The third-order valence-electron chi connectivity index (χ3n) is 3.00. The molecule has 4 heteroatoms. The highest BCUT2D eigenvalue weighted by Gasteiger charge is 2.30. The molecule has 1 aromatic rings. The first-order chi connectivity index (χ1) is 8.11. The second kappa shape index (κ2) is 5.35. The van der Waals surface area contributed by atoms with Gasteiger partial charge in [-0.2, -0.15) is 0 Å². The first kappa shape index (κ1) is 12.8. The van der Waals surface area contributed by atoms with Crippen LogP contribution in [-0.4, -0.2) is 25.6 Å². The van der Waals surface area contributed by atoms with E-state index in [1.54, 1.807) is 7.11 Å². The average molecular weight is 346 g/mol. The molecule has 1 heterocycles. The van der Waals surface area contributed by atoms with Gasteiger partial charge in [-0.3, -0.25) is 4.79 Å². The summed E-state index contributed by atoms with van der Waals surface area (Å²) in [6.45, 7) is 2.52. The van der Waals surface area contributed by atoms with Crippen molar-refractivity contribution in [3.63, 3.8) is 0 Å².